The number of hydrogen-bond acceptors (Lipinski definition) is 3. The molecule has 0 saturated heterocycles. The predicted molar refractivity (Wildman–Crippen MR) is 65.4 cm³/mol. The third-order valence-electron chi connectivity index (χ3n) is 2.24. The first kappa shape index (κ1) is 13.7. The Morgan fingerprint density at radius 1 is 1.35 bits per heavy atom. The summed E-state index contributed by atoms with van der Waals surface area (Å²) in [5.74, 6) is -0.350. The van der Waals surface area contributed by atoms with Crippen molar-refractivity contribution in [3.63, 3.8) is 0 Å². The van der Waals surface area contributed by atoms with Crippen LogP contribution in [0.25, 0.3) is 0 Å². The fourth-order valence-electron chi connectivity index (χ4n) is 1.42. The molecule has 0 aliphatic carbocycles. The van der Waals surface area contributed by atoms with Gasteiger partial charge in [-0.3, -0.25) is 4.79 Å². The van der Waals surface area contributed by atoms with E-state index < -0.39 is 5.97 Å². The maximum absolute atomic E-state index is 10.7. The Hall–Kier alpha value is -1.39. The Morgan fingerprint density at radius 2 is 2.00 bits per heavy atom. The molecule has 0 aliphatic rings. The second-order valence-corrected chi connectivity index (χ2v) is 4.37. The molecule has 4 heteroatoms. The third-order valence-corrected chi connectivity index (χ3v) is 2.24. The van der Waals surface area contributed by atoms with Gasteiger partial charge in [-0.1, -0.05) is 38.1 Å². The molecule has 0 radical (unpaired) electrons. The zero-order valence-corrected chi connectivity index (χ0v) is 10.3. The van der Waals surface area contributed by atoms with Gasteiger partial charge in [-0.25, -0.2) is 0 Å². The van der Waals surface area contributed by atoms with E-state index >= 15 is 0 Å². The lowest BCUT2D eigenvalue weighted by Gasteiger charge is -2.10. The quantitative estimate of drug-likeness (QED) is 0.562. The van der Waals surface area contributed by atoms with Gasteiger partial charge >= 0.3 is 5.97 Å². The highest BCUT2D eigenvalue weighted by Gasteiger charge is 2.05. The van der Waals surface area contributed by atoms with Crippen molar-refractivity contribution in [3.05, 3.63) is 35.4 Å². The van der Waals surface area contributed by atoms with Crippen molar-refractivity contribution in [1.29, 1.82) is 0 Å². The summed E-state index contributed by atoms with van der Waals surface area (Å²) in [7, 11) is 0. The van der Waals surface area contributed by atoms with Gasteiger partial charge in [0.05, 0.1) is 13.0 Å². The minimum absolute atomic E-state index is 0.0437. The Kier molecular flexibility index (Phi) is 5.66. The van der Waals surface area contributed by atoms with Gasteiger partial charge in [-0.15, -0.1) is 0 Å². The van der Waals surface area contributed by atoms with Crippen LogP contribution in [0.5, 0.6) is 0 Å². The van der Waals surface area contributed by atoms with Crippen molar-refractivity contribution in [2.24, 2.45) is 5.92 Å². The summed E-state index contributed by atoms with van der Waals surface area (Å²) in [6.07, 6.45) is 0.0437. The SMILES string of the molecule is CC(C)CONCc1ccccc1CC(=O)O. The van der Waals surface area contributed by atoms with E-state index in [4.69, 9.17) is 9.94 Å². The first-order valence-electron chi connectivity index (χ1n) is 5.73. The molecule has 1 aromatic rings. The second-order valence-electron chi connectivity index (χ2n) is 4.37. The number of carboxylic acids is 1. The smallest absolute Gasteiger partial charge is 0.307 e. The minimum Gasteiger partial charge on any atom is -0.481 e. The Bertz CT molecular complexity index is 363. The zero-order chi connectivity index (χ0) is 12.7. The van der Waals surface area contributed by atoms with Crippen LogP contribution in [0.15, 0.2) is 24.3 Å². The third kappa shape index (κ3) is 5.47. The molecule has 0 aliphatic heterocycles. The Morgan fingerprint density at radius 3 is 2.59 bits per heavy atom. The maximum Gasteiger partial charge on any atom is 0.307 e. The van der Waals surface area contributed by atoms with Crippen molar-refractivity contribution in [2.45, 2.75) is 26.8 Å². The van der Waals surface area contributed by atoms with E-state index in [0.29, 0.717) is 19.1 Å². The van der Waals surface area contributed by atoms with Gasteiger partial charge in [-0.05, 0) is 17.0 Å². The molecule has 0 fully saturated rings. The van der Waals surface area contributed by atoms with Crippen LogP contribution in [-0.4, -0.2) is 17.7 Å². The van der Waals surface area contributed by atoms with Crippen LogP contribution in [0.1, 0.15) is 25.0 Å². The van der Waals surface area contributed by atoms with Crippen molar-refractivity contribution >= 4 is 5.97 Å². The fourth-order valence-corrected chi connectivity index (χ4v) is 1.42. The molecule has 0 heterocycles. The number of carboxylic acid groups (broad SMARTS) is 1. The number of aliphatic carboxylic acids is 1. The van der Waals surface area contributed by atoms with Gasteiger partial charge in [0.15, 0.2) is 0 Å². The van der Waals surface area contributed by atoms with Crippen molar-refractivity contribution < 1.29 is 14.7 Å². The Labute approximate surface area is 102 Å². The lowest BCUT2D eigenvalue weighted by atomic mass is 10.1. The molecule has 1 aromatic carbocycles. The summed E-state index contributed by atoms with van der Waals surface area (Å²) in [5, 5.41) is 8.78. The lowest BCUT2D eigenvalue weighted by Crippen LogP contribution is -2.18. The molecule has 2 N–H and O–H groups in total. The highest BCUT2D eigenvalue weighted by Crippen LogP contribution is 2.09. The molecule has 0 bridgehead atoms. The summed E-state index contributed by atoms with van der Waals surface area (Å²) in [4.78, 5) is 16.0. The molecular formula is C13H19NO3. The first-order chi connectivity index (χ1) is 8.09. The molecule has 0 aromatic heterocycles. The van der Waals surface area contributed by atoms with E-state index in [1.807, 2.05) is 24.3 Å². The summed E-state index contributed by atoms with van der Waals surface area (Å²) < 4.78 is 0. The largest absolute Gasteiger partial charge is 0.481 e. The molecule has 1 rings (SSSR count). The maximum atomic E-state index is 10.7. The van der Waals surface area contributed by atoms with Gasteiger partial charge in [0.1, 0.15) is 0 Å². The van der Waals surface area contributed by atoms with Crippen LogP contribution in [0, 0.1) is 5.92 Å². The van der Waals surface area contributed by atoms with Gasteiger partial charge < -0.3 is 9.94 Å². The van der Waals surface area contributed by atoms with Gasteiger partial charge in [0, 0.05) is 6.54 Å². The molecule has 0 atom stereocenters. The number of carbonyl (C=O) groups is 1. The van der Waals surface area contributed by atoms with Crippen molar-refractivity contribution in [3.8, 4) is 0 Å². The van der Waals surface area contributed by atoms with Gasteiger partial charge in [0.25, 0.3) is 0 Å². The average Bonchev–Trinajstić information content (AvgIpc) is 2.25. The molecular weight excluding hydrogens is 218 g/mol. The van der Waals surface area contributed by atoms with E-state index in [2.05, 4.69) is 19.3 Å². The monoisotopic (exact) mass is 237 g/mol. The average molecular weight is 237 g/mol. The summed E-state index contributed by atoms with van der Waals surface area (Å²) in [6.45, 7) is 5.30. The van der Waals surface area contributed by atoms with Gasteiger partial charge in [0.2, 0.25) is 0 Å². The Balaban J connectivity index is 2.49. The van der Waals surface area contributed by atoms with Crippen LogP contribution in [-0.2, 0) is 22.6 Å². The number of nitrogens with one attached hydrogen (secondary N) is 1. The van der Waals surface area contributed by atoms with Crippen molar-refractivity contribution in [1.82, 2.24) is 5.48 Å². The highest BCUT2D eigenvalue weighted by molar-refractivity contribution is 5.70. The molecule has 0 unspecified atom stereocenters. The van der Waals surface area contributed by atoms with Crippen LogP contribution >= 0.6 is 0 Å². The lowest BCUT2D eigenvalue weighted by molar-refractivity contribution is -0.136. The summed E-state index contributed by atoms with van der Waals surface area (Å²) >= 11 is 0. The normalized spacial score (nSPS) is 10.8. The van der Waals surface area contributed by atoms with Crippen LogP contribution in [0.3, 0.4) is 0 Å². The van der Waals surface area contributed by atoms with Gasteiger partial charge in [-0.2, -0.15) is 5.48 Å². The number of rotatable bonds is 7. The molecule has 94 valence electrons. The molecule has 0 amide bonds. The minimum atomic E-state index is -0.819. The molecule has 17 heavy (non-hydrogen) atoms. The van der Waals surface area contributed by atoms with E-state index in [1.165, 1.54) is 0 Å². The topological polar surface area (TPSA) is 58.6 Å². The van der Waals surface area contributed by atoms with E-state index in [-0.39, 0.29) is 6.42 Å². The van der Waals surface area contributed by atoms with Crippen LogP contribution < -0.4 is 5.48 Å². The standard InChI is InChI=1S/C13H19NO3/c1-10(2)9-17-14-8-12-6-4-3-5-11(12)7-13(15)16/h3-6,10,14H,7-9H2,1-2H3,(H,15,16). The molecule has 0 spiro atoms. The number of hydroxylamine groups is 1. The van der Waals surface area contributed by atoms with Crippen LogP contribution in [0.2, 0.25) is 0 Å². The van der Waals surface area contributed by atoms with Crippen LogP contribution in [0.4, 0.5) is 0 Å². The summed E-state index contributed by atoms with van der Waals surface area (Å²) in [6, 6.07) is 7.47. The van der Waals surface area contributed by atoms with E-state index in [1.54, 1.807) is 0 Å². The zero-order valence-electron chi connectivity index (χ0n) is 10.3. The van der Waals surface area contributed by atoms with Crippen molar-refractivity contribution in [2.75, 3.05) is 6.61 Å². The first-order valence-corrected chi connectivity index (χ1v) is 5.73. The highest BCUT2D eigenvalue weighted by atomic mass is 16.6. The number of hydrogen-bond donors (Lipinski definition) is 2. The molecule has 0 saturated carbocycles. The fraction of sp³-hybridized carbons (Fsp3) is 0.462. The summed E-state index contributed by atoms with van der Waals surface area (Å²) in [5.41, 5.74) is 4.63. The predicted octanol–water partition coefficient (Wildman–Crippen LogP) is 1.99. The number of benzene rings is 1. The van der Waals surface area contributed by atoms with E-state index in [9.17, 15) is 4.79 Å². The molecule has 4 nitrogen and oxygen atoms in total. The van der Waals surface area contributed by atoms with E-state index in [0.717, 1.165) is 11.1 Å². The second kappa shape index (κ2) is 7.04.